The van der Waals surface area contributed by atoms with Crippen molar-refractivity contribution in [1.82, 2.24) is 0 Å². The number of aromatic hydroxyl groups is 1. The van der Waals surface area contributed by atoms with Crippen LogP contribution in [-0.2, 0) is 11.4 Å². The van der Waals surface area contributed by atoms with E-state index in [1.807, 2.05) is 0 Å². The van der Waals surface area contributed by atoms with Gasteiger partial charge in [0.1, 0.15) is 12.4 Å². The molecule has 0 aliphatic carbocycles. The summed E-state index contributed by atoms with van der Waals surface area (Å²) in [5.74, 6) is 0.130. The molecule has 0 atom stereocenters. The van der Waals surface area contributed by atoms with Gasteiger partial charge in [-0.2, -0.15) is 0 Å². The van der Waals surface area contributed by atoms with Crippen LogP contribution in [0, 0.1) is 0 Å². The van der Waals surface area contributed by atoms with Gasteiger partial charge < -0.3 is 9.94 Å². The zero-order chi connectivity index (χ0) is 14.5. The number of hydrogen-bond acceptors (Lipinski definition) is 3. The molecule has 2 aromatic rings. The van der Waals surface area contributed by atoms with Crippen LogP contribution in [-0.4, -0.2) is 11.3 Å². The third kappa shape index (κ3) is 4.13. The third-order valence-electron chi connectivity index (χ3n) is 2.49. The van der Waals surface area contributed by atoms with Gasteiger partial charge in [0.15, 0.2) is 0 Å². The van der Waals surface area contributed by atoms with E-state index in [2.05, 4.69) is 21.1 Å². The van der Waals surface area contributed by atoms with Crippen LogP contribution in [0.15, 0.2) is 46.0 Å². The minimum atomic E-state index is 0.130. The summed E-state index contributed by atoms with van der Waals surface area (Å²) in [5, 5.41) is 14.5. The SMILES string of the molecule is Oc1ccc(Br)cc1/C=N/OCc1ccc(Cl)cc1Cl. The molecule has 3 nitrogen and oxygen atoms in total. The van der Waals surface area contributed by atoms with Gasteiger partial charge in [-0.05, 0) is 30.3 Å². The molecular weight excluding hydrogens is 365 g/mol. The number of rotatable bonds is 4. The van der Waals surface area contributed by atoms with Crippen LogP contribution in [0.4, 0.5) is 0 Å². The highest BCUT2D eigenvalue weighted by Gasteiger charge is 2.02. The lowest BCUT2D eigenvalue weighted by molar-refractivity contribution is 0.132. The van der Waals surface area contributed by atoms with E-state index in [-0.39, 0.29) is 12.4 Å². The van der Waals surface area contributed by atoms with Crippen LogP contribution in [0.25, 0.3) is 0 Å². The minimum absolute atomic E-state index is 0.130. The summed E-state index contributed by atoms with van der Waals surface area (Å²) in [6.07, 6.45) is 1.43. The monoisotopic (exact) mass is 373 g/mol. The predicted molar refractivity (Wildman–Crippen MR) is 84.7 cm³/mol. The maximum atomic E-state index is 9.62. The Labute approximate surface area is 134 Å². The second-order valence-electron chi connectivity index (χ2n) is 3.95. The first-order valence-electron chi connectivity index (χ1n) is 5.64. The summed E-state index contributed by atoms with van der Waals surface area (Å²) >= 11 is 15.1. The fourth-order valence-corrected chi connectivity index (χ4v) is 2.31. The van der Waals surface area contributed by atoms with Crippen LogP contribution in [0.1, 0.15) is 11.1 Å². The summed E-state index contributed by atoms with van der Waals surface area (Å²) < 4.78 is 0.845. The Hall–Kier alpha value is -1.23. The molecular formula is C14H10BrCl2NO2. The van der Waals surface area contributed by atoms with E-state index in [0.717, 1.165) is 10.0 Å². The van der Waals surface area contributed by atoms with Gasteiger partial charge in [-0.3, -0.25) is 0 Å². The molecule has 0 aliphatic rings. The quantitative estimate of drug-likeness (QED) is 0.603. The summed E-state index contributed by atoms with van der Waals surface area (Å²) in [7, 11) is 0. The summed E-state index contributed by atoms with van der Waals surface area (Å²) in [6.45, 7) is 0.223. The number of benzene rings is 2. The van der Waals surface area contributed by atoms with Crippen molar-refractivity contribution in [2.75, 3.05) is 0 Å². The lowest BCUT2D eigenvalue weighted by Crippen LogP contribution is -1.90. The smallest absolute Gasteiger partial charge is 0.143 e. The van der Waals surface area contributed by atoms with Crippen LogP contribution >= 0.6 is 39.1 Å². The van der Waals surface area contributed by atoms with E-state index >= 15 is 0 Å². The number of phenolic OH excluding ortho intramolecular Hbond substituents is 1. The lowest BCUT2D eigenvalue weighted by Gasteiger charge is -2.03. The van der Waals surface area contributed by atoms with Crippen LogP contribution < -0.4 is 0 Å². The highest BCUT2D eigenvalue weighted by atomic mass is 79.9. The molecule has 2 aromatic carbocycles. The van der Waals surface area contributed by atoms with Crippen molar-refractivity contribution in [2.24, 2.45) is 5.16 Å². The number of phenols is 1. The molecule has 0 heterocycles. The molecule has 0 unspecified atom stereocenters. The molecule has 0 saturated carbocycles. The summed E-state index contributed by atoms with van der Waals surface area (Å²) in [5.41, 5.74) is 1.34. The van der Waals surface area contributed by atoms with Crippen LogP contribution in [0.5, 0.6) is 5.75 Å². The van der Waals surface area contributed by atoms with E-state index < -0.39 is 0 Å². The van der Waals surface area contributed by atoms with E-state index in [1.54, 1.807) is 36.4 Å². The average molecular weight is 375 g/mol. The van der Waals surface area contributed by atoms with Crippen molar-refractivity contribution in [1.29, 1.82) is 0 Å². The standard InChI is InChI=1S/C14H10BrCl2NO2/c15-11-2-4-14(19)10(5-11)7-18-20-8-9-1-3-12(16)6-13(9)17/h1-7,19H,8H2/b18-7+. The number of hydrogen-bond donors (Lipinski definition) is 1. The molecule has 6 heteroatoms. The highest BCUT2D eigenvalue weighted by Crippen LogP contribution is 2.22. The third-order valence-corrected chi connectivity index (χ3v) is 3.57. The molecule has 0 aromatic heterocycles. The zero-order valence-corrected chi connectivity index (χ0v) is 13.3. The van der Waals surface area contributed by atoms with Crippen molar-refractivity contribution < 1.29 is 9.94 Å². The minimum Gasteiger partial charge on any atom is -0.507 e. The van der Waals surface area contributed by atoms with Crippen molar-refractivity contribution in [2.45, 2.75) is 6.61 Å². The largest absolute Gasteiger partial charge is 0.507 e. The fourth-order valence-electron chi connectivity index (χ4n) is 1.47. The van der Waals surface area contributed by atoms with Gasteiger partial charge in [0.25, 0.3) is 0 Å². The van der Waals surface area contributed by atoms with Gasteiger partial charge in [-0.25, -0.2) is 0 Å². The van der Waals surface area contributed by atoms with Gasteiger partial charge in [-0.15, -0.1) is 0 Å². The van der Waals surface area contributed by atoms with Crippen molar-refractivity contribution in [3.63, 3.8) is 0 Å². The molecule has 2 rings (SSSR count). The first-order valence-corrected chi connectivity index (χ1v) is 7.19. The molecule has 104 valence electrons. The van der Waals surface area contributed by atoms with E-state index in [0.29, 0.717) is 15.6 Å². The Kier molecular flexibility index (Phi) is 5.29. The van der Waals surface area contributed by atoms with Crippen molar-refractivity contribution >= 4 is 45.3 Å². The van der Waals surface area contributed by atoms with Gasteiger partial charge >= 0.3 is 0 Å². The molecule has 0 bridgehead atoms. The van der Waals surface area contributed by atoms with Crippen LogP contribution in [0.3, 0.4) is 0 Å². The molecule has 0 aliphatic heterocycles. The average Bonchev–Trinajstić information content (AvgIpc) is 2.40. The van der Waals surface area contributed by atoms with Crippen LogP contribution in [0.2, 0.25) is 10.0 Å². The number of halogens is 3. The maximum absolute atomic E-state index is 9.62. The Morgan fingerprint density at radius 3 is 2.75 bits per heavy atom. The molecule has 0 saturated heterocycles. The molecule has 0 spiro atoms. The van der Waals surface area contributed by atoms with Gasteiger partial charge in [-0.1, -0.05) is 50.4 Å². The molecule has 0 radical (unpaired) electrons. The summed E-state index contributed by atoms with van der Waals surface area (Å²) in [4.78, 5) is 5.15. The topological polar surface area (TPSA) is 41.8 Å². The Morgan fingerprint density at radius 1 is 1.20 bits per heavy atom. The zero-order valence-electron chi connectivity index (χ0n) is 10.2. The van der Waals surface area contributed by atoms with E-state index in [4.69, 9.17) is 28.0 Å². The fraction of sp³-hybridized carbons (Fsp3) is 0.0714. The van der Waals surface area contributed by atoms with Gasteiger partial charge in [0.05, 0.1) is 6.21 Å². The summed E-state index contributed by atoms with van der Waals surface area (Å²) in [6, 6.07) is 10.2. The maximum Gasteiger partial charge on any atom is 0.143 e. The second-order valence-corrected chi connectivity index (χ2v) is 5.71. The second kappa shape index (κ2) is 6.97. The van der Waals surface area contributed by atoms with Crippen molar-refractivity contribution in [3.8, 4) is 5.75 Å². The Balaban J connectivity index is 1.98. The van der Waals surface area contributed by atoms with E-state index in [1.165, 1.54) is 6.21 Å². The predicted octanol–water partition coefficient (Wildman–Crippen LogP) is 5.01. The molecule has 0 fully saturated rings. The Morgan fingerprint density at radius 2 is 2.00 bits per heavy atom. The van der Waals surface area contributed by atoms with Gasteiger partial charge in [0.2, 0.25) is 0 Å². The first kappa shape index (κ1) is 15.2. The Bertz CT molecular complexity index is 647. The lowest BCUT2D eigenvalue weighted by atomic mass is 10.2. The number of oxime groups is 1. The van der Waals surface area contributed by atoms with Gasteiger partial charge in [0, 0.05) is 25.6 Å². The molecule has 20 heavy (non-hydrogen) atoms. The molecule has 0 amide bonds. The number of nitrogens with zero attached hydrogens (tertiary/aromatic N) is 1. The van der Waals surface area contributed by atoms with Crippen molar-refractivity contribution in [3.05, 3.63) is 62.0 Å². The molecule has 1 N–H and O–H groups in total. The normalized spacial score (nSPS) is 10.9. The highest BCUT2D eigenvalue weighted by molar-refractivity contribution is 9.10. The van der Waals surface area contributed by atoms with E-state index in [9.17, 15) is 5.11 Å². The first-order chi connectivity index (χ1) is 9.56.